The van der Waals surface area contributed by atoms with Crippen LogP contribution in [0, 0.1) is 0 Å². The molecule has 0 fully saturated rings. The van der Waals surface area contributed by atoms with Gasteiger partial charge in [-0.15, -0.1) is 0 Å². The molecule has 8 heteroatoms. The topological polar surface area (TPSA) is 81.4 Å². The van der Waals surface area contributed by atoms with Gasteiger partial charge in [0.05, 0.1) is 9.37 Å². The molecule has 19 heavy (non-hydrogen) atoms. The van der Waals surface area contributed by atoms with Crippen LogP contribution in [0.4, 0.5) is 5.69 Å². The van der Waals surface area contributed by atoms with E-state index in [0.717, 1.165) is 0 Å². The Kier molecular flexibility index (Phi) is 6.07. The Hall–Kier alpha value is -0.340. The number of hydrogen-bond donors (Lipinski definition) is 2. The van der Waals surface area contributed by atoms with Crippen LogP contribution in [0.3, 0.4) is 0 Å². The maximum Gasteiger partial charge on any atom is 0.242 e. The molecule has 0 aliphatic rings. The van der Waals surface area contributed by atoms with Gasteiger partial charge in [0.1, 0.15) is 0 Å². The summed E-state index contributed by atoms with van der Waals surface area (Å²) in [6.45, 7) is 2.24. The van der Waals surface area contributed by atoms with Crippen molar-refractivity contribution in [2.45, 2.75) is 24.3 Å². The van der Waals surface area contributed by atoms with Crippen LogP contribution in [0.1, 0.15) is 13.3 Å². The van der Waals surface area contributed by atoms with Crippen molar-refractivity contribution in [2.24, 2.45) is 0 Å². The van der Waals surface area contributed by atoms with Crippen LogP contribution in [0.15, 0.2) is 21.5 Å². The molecule has 0 saturated heterocycles. The first-order valence-corrected chi connectivity index (χ1v) is 8.19. The van der Waals surface area contributed by atoms with E-state index in [1.807, 2.05) is 0 Å². The van der Waals surface area contributed by atoms with E-state index in [0.29, 0.717) is 17.5 Å². The summed E-state index contributed by atoms with van der Waals surface area (Å²) in [5.74, 6) is 0. The molecule has 0 aromatic heterocycles. The molecule has 1 rings (SSSR count). The van der Waals surface area contributed by atoms with Crippen molar-refractivity contribution in [3.05, 3.63) is 21.6 Å². The standard InChI is InChI=1S/C11H16BrClN2O3S/c1-7(3-4-18-2)15-19(16,17)10-6-8(13)5-9(14)11(10)12/h5-7,15H,3-4,14H2,1-2H3. The number of methoxy groups -OCH3 is 1. The highest BCUT2D eigenvalue weighted by atomic mass is 79.9. The van der Waals surface area contributed by atoms with Crippen molar-refractivity contribution in [3.63, 3.8) is 0 Å². The van der Waals surface area contributed by atoms with E-state index < -0.39 is 10.0 Å². The first kappa shape index (κ1) is 16.7. The third kappa shape index (κ3) is 4.61. The quantitative estimate of drug-likeness (QED) is 0.752. The Labute approximate surface area is 126 Å². The second-order valence-electron chi connectivity index (χ2n) is 4.11. The number of nitrogens with two attached hydrogens (primary N) is 1. The number of ether oxygens (including phenoxy) is 1. The summed E-state index contributed by atoms with van der Waals surface area (Å²) in [5.41, 5.74) is 5.96. The molecule has 1 unspecified atom stereocenters. The molecule has 0 saturated carbocycles. The van der Waals surface area contributed by atoms with Gasteiger partial charge in [-0.05, 0) is 41.4 Å². The molecule has 0 bridgehead atoms. The molecule has 5 nitrogen and oxygen atoms in total. The lowest BCUT2D eigenvalue weighted by Gasteiger charge is -2.15. The van der Waals surface area contributed by atoms with Gasteiger partial charge >= 0.3 is 0 Å². The molecule has 0 radical (unpaired) electrons. The minimum atomic E-state index is -3.68. The van der Waals surface area contributed by atoms with Gasteiger partial charge in [-0.25, -0.2) is 13.1 Å². The van der Waals surface area contributed by atoms with Crippen molar-refractivity contribution < 1.29 is 13.2 Å². The van der Waals surface area contributed by atoms with E-state index in [1.54, 1.807) is 14.0 Å². The fourth-order valence-electron chi connectivity index (χ4n) is 1.46. The molecule has 0 aliphatic heterocycles. The highest BCUT2D eigenvalue weighted by Crippen LogP contribution is 2.31. The second-order valence-corrected chi connectivity index (χ2v) is 7.02. The average Bonchev–Trinajstić information content (AvgIpc) is 2.30. The number of sulfonamides is 1. The maximum absolute atomic E-state index is 12.2. The Morgan fingerprint density at radius 3 is 2.74 bits per heavy atom. The third-order valence-electron chi connectivity index (χ3n) is 2.43. The molecule has 0 aliphatic carbocycles. The number of halogens is 2. The van der Waals surface area contributed by atoms with Gasteiger partial charge in [0.25, 0.3) is 0 Å². The van der Waals surface area contributed by atoms with Crippen molar-refractivity contribution in [3.8, 4) is 0 Å². The molecule has 108 valence electrons. The van der Waals surface area contributed by atoms with Gasteiger partial charge in [0, 0.05) is 30.5 Å². The van der Waals surface area contributed by atoms with Gasteiger partial charge in [-0.1, -0.05) is 11.6 Å². The average molecular weight is 372 g/mol. The Balaban J connectivity index is 3.01. The lowest BCUT2D eigenvalue weighted by Crippen LogP contribution is -2.33. The van der Waals surface area contributed by atoms with Crippen LogP contribution in [-0.2, 0) is 14.8 Å². The van der Waals surface area contributed by atoms with Crippen LogP contribution in [0.2, 0.25) is 5.02 Å². The Morgan fingerprint density at radius 1 is 1.53 bits per heavy atom. The summed E-state index contributed by atoms with van der Waals surface area (Å²) in [6, 6.07) is 2.59. The highest BCUT2D eigenvalue weighted by molar-refractivity contribution is 9.10. The number of benzene rings is 1. The first-order valence-electron chi connectivity index (χ1n) is 5.53. The highest BCUT2D eigenvalue weighted by Gasteiger charge is 2.22. The number of hydrogen-bond acceptors (Lipinski definition) is 4. The van der Waals surface area contributed by atoms with E-state index in [9.17, 15) is 8.42 Å². The number of nitrogens with one attached hydrogen (secondary N) is 1. The molecule has 0 amide bonds. The van der Waals surface area contributed by atoms with Crippen LogP contribution in [-0.4, -0.2) is 28.2 Å². The van der Waals surface area contributed by atoms with Gasteiger partial charge in [0.15, 0.2) is 0 Å². The zero-order valence-electron chi connectivity index (χ0n) is 10.6. The minimum absolute atomic E-state index is 0.0294. The predicted octanol–water partition coefficient (Wildman–Crippen LogP) is 2.39. The van der Waals surface area contributed by atoms with E-state index in [1.165, 1.54) is 12.1 Å². The van der Waals surface area contributed by atoms with Crippen molar-refractivity contribution in [2.75, 3.05) is 19.5 Å². The molecule has 1 atom stereocenters. The van der Waals surface area contributed by atoms with E-state index >= 15 is 0 Å². The summed E-state index contributed by atoms with van der Waals surface area (Å²) in [4.78, 5) is 0.0294. The van der Waals surface area contributed by atoms with Gasteiger partial charge < -0.3 is 10.5 Å². The van der Waals surface area contributed by atoms with Gasteiger partial charge in [0.2, 0.25) is 10.0 Å². The molecule has 3 N–H and O–H groups in total. The zero-order valence-corrected chi connectivity index (χ0v) is 13.8. The summed E-state index contributed by atoms with van der Waals surface area (Å²) < 4.78 is 32.2. The number of anilines is 1. The van der Waals surface area contributed by atoms with E-state index in [2.05, 4.69) is 20.7 Å². The molecule has 1 aromatic rings. The number of rotatable bonds is 6. The lowest BCUT2D eigenvalue weighted by atomic mass is 10.3. The number of nitrogen functional groups attached to an aromatic ring is 1. The molecule has 0 heterocycles. The van der Waals surface area contributed by atoms with Crippen molar-refractivity contribution in [1.29, 1.82) is 0 Å². The lowest BCUT2D eigenvalue weighted by molar-refractivity contribution is 0.188. The van der Waals surface area contributed by atoms with Crippen molar-refractivity contribution >= 4 is 43.2 Å². The zero-order chi connectivity index (χ0) is 14.6. The molecular weight excluding hydrogens is 356 g/mol. The van der Waals surface area contributed by atoms with E-state index in [-0.39, 0.29) is 21.6 Å². The summed E-state index contributed by atoms with van der Waals surface area (Å²) >= 11 is 9.00. The Bertz CT molecular complexity index is 551. The van der Waals surface area contributed by atoms with Crippen LogP contribution in [0.5, 0.6) is 0 Å². The van der Waals surface area contributed by atoms with Gasteiger partial charge in [-0.3, -0.25) is 0 Å². The second kappa shape index (κ2) is 6.90. The summed E-state index contributed by atoms with van der Waals surface area (Å²) in [7, 11) is -2.12. The fraction of sp³-hybridized carbons (Fsp3) is 0.455. The van der Waals surface area contributed by atoms with Gasteiger partial charge in [-0.2, -0.15) is 0 Å². The summed E-state index contributed by atoms with van der Waals surface area (Å²) in [5, 5.41) is 0.269. The minimum Gasteiger partial charge on any atom is -0.398 e. The fourth-order valence-corrected chi connectivity index (χ4v) is 4.03. The van der Waals surface area contributed by atoms with Crippen LogP contribution < -0.4 is 10.5 Å². The van der Waals surface area contributed by atoms with E-state index in [4.69, 9.17) is 22.1 Å². The predicted molar refractivity (Wildman–Crippen MR) is 79.8 cm³/mol. The van der Waals surface area contributed by atoms with Crippen LogP contribution in [0.25, 0.3) is 0 Å². The molecule has 0 spiro atoms. The smallest absolute Gasteiger partial charge is 0.242 e. The SMILES string of the molecule is COCCC(C)NS(=O)(=O)c1cc(Cl)cc(N)c1Br. The molecular formula is C11H16BrClN2O3S. The normalized spacial score (nSPS) is 13.5. The van der Waals surface area contributed by atoms with Crippen molar-refractivity contribution in [1.82, 2.24) is 4.72 Å². The first-order chi connectivity index (χ1) is 8.77. The monoisotopic (exact) mass is 370 g/mol. The molecule has 1 aromatic carbocycles. The third-order valence-corrected chi connectivity index (χ3v) is 5.41. The van der Waals surface area contributed by atoms with Crippen LogP contribution >= 0.6 is 27.5 Å². The maximum atomic E-state index is 12.2. The summed E-state index contributed by atoms with van der Waals surface area (Å²) in [6.07, 6.45) is 0.573. The Morgan fingerprint density at radius 2 is 2.16 bits per heavy atom. The largest absolute Gasteiger partial charge is 0.398 e.